The second-order valence-electron chi connectivity index (χ2n) is 9.45. The third-order valence-corrected chi connectivity index (χ3v) is 5.06. The van der Waals surface area contributed by atoms with Crippen LogP contribution in [0.15, 0.2) is 30.3 Å². The molecule has 34 heavy (non-hydrogen) atoms. The van der Waals surface area contributed by atoms with Crippen LogP contribution in [0.5, 0.6) is 0 Å². The van der Waals surface area contributed by atoms with Gasteiger partial charge in [-0.1, -0.05) is 44.2 Å². The Morgan fingerprint density at radius 2 is 1.53 bits per heavy atom. The molecule has 1 aromatic carbocycles. The van der Waals surface area contributed by atoms with Crippen LogP contribution in [0.4, 0.5) is 4.79 Å². The number of hydrogen-bond acceptors (Lipinski definition) is 6. The summed E-state index contributed by atoms with van der Waals surface area (Å²) in [5, 5.41) is 9.61. The highest BCUT2D eigenvalue weighted by Gasteiger charge is 2.29. The number of hydrogen-bond donors (Lipinski definition) is 5. The molecular weight excluding hydrogens is 456 g/mol. The van der Waals surface area contributed by atoms with Gasteiger partial charge in [0.05, 0.1) is 5.25 Å². The summed E-state index contributed by atoms with van der Waals surface area (Å²) < 4.78 is 5.16. The van der Waals surface area contributed by atoms with Gasteiger partial charge in [-0.05, 0) is 38.7 Å². The molecule has 190 valence electrons. The van der Waals surface area contributed by atoms with Crippen LogP contribution < -0.4 is 21.3 Å². The van der Waals surface area contributed by atoms with Gasteiger partial charge in [-0.3, -0.25) is 14.4 Å². The zero-order valence-electron chi connectivity index (χ0n) is 20.8. The summed E-state index contributed by atoms with van der Waals surface area (Å²) in [4.78, 5) is 50.0. The summed E-state index contributed by atoms with van der Waals surface area (Å²) in [5.41, 5.74) is 0.167. The lowest BCUT2D eigenvalue weighted by atomic mass is 10.0. The number of rotatable bonds is 11. The molecule has 1 unspecified atom stereocenters. The number of carbonyl (C=O) groups is 4. The van der Waals surface area contributed by atoms with E-state index in [9.17, 15) is 19.2 Å². The Balaban J connectivity index is 2.90. The van der Waals surface area contributed by atoms with Crippen LogP contribution in [-0.4, -0.2) is 60.3 Å². The standard InChI is InChI=1S/C24H38N4O5S/c1-15(2)12-17(20(29)25-6)27-21(30)18(13-16-10-8-7-9-11-16)28-22(31)19(34)14-26-23(32)33-24(3,4)5/h7-11,15,17-19,34H,12-14H2,1-6H3,(H,25,29)(H,26,32)(H,27,30)(H,28,31)/t17-,18-,19?/m0/s1. The molecule has 4 amide bonds. The second-order valence-corrected chi connectivity index (χ2v) is 10.1. The summed E-state index contributed by atoms with van der Waals surface area (Å²) in [7, 11) is 1.51. The number of alkyl carbamates (subject to hydrolysis) is 1. The highest BCUT2D eigenvalue weighted by molar-refractivity contribution is 7.81. The van der Waals surface area contributed by atoms with Crippen LogP contribution >= 0.6 is 12.6 Å². The van der Waals surface area contributed by atoms with Gasteiger partial charge in [0.15, 0.2) is 0 Å². The molecule has 1 rings (SSSR count). The Hall–Kier alpha value is -2.75. The molecule has 1 aromatic rings. The molecule has 4 N–H and O–H groups in total. The van der Waals surface area contributed by atoms with E-state index in [1.54, 1.807) is 20.8 Å². The van der Waals surface area contributed by atoms with Crippen molar-refractivity contribution in [3.8, 4) is 0 Å². The predicted molar refractivity (Wildman–Crippen MR) is 135 cm³/mol. The number of carbonyl (C=O) groups excluding carboxylic acids is 4. The third-order valence-electron chi connectivity index (χ3n) is 4.64. The Morgan fingerprint density at radius 1 is 0.941 bits per heavy atom. The van der Waals surface area contributed by atoms with Crippen LogP contribution in [0.3, 0.4) is 0 Å². The zero-order valence-corrected chi connectivity index (χ0v) is 21.7. The molecule has 0 bridgehead atoms. The molecular formula is C24H38N4O5S. The van der Waals surface area contributed by atoms with E-state index < -0.39 is 40.8 Å². The van der Waals surface area contributed by atoms with Crippen molar-refractivity contribution in [2.75, 3.05) is 13.6 Å². The summed E-state index contributed by atoms with van der Waals surface area (Å²) in [6.45, 7) is 9.02. The lowest BCUT2D eigenvalue weighted by molar-refractivity contribution is -0.132. The highest BCUT2D eigenvalue weighted by atomic mass is 32.1. The summed E-state index contributed by atoms with van der Waals surface area (Å²) in [6, 6.07) is 7.55. The molecule has 0 aliphatic heterocycles. The maximum Gasteiger partial charge on any atom is 0.407 e. The van der Waals surface area contributed by atoms with Gasteiger partial charge in [0.1, 0.15) is 17.7 Å². The van der Waals surface area contributed by atoms with Gasteiger partial charge in [-0.2, -0.15) is 12.6 Å². The normalized spacial score (nSPS) is 13.9. The van der Waals surface area contributed by atoms with Crippen molar-refractivity contribution in [2.24, 2.45) is 5.92 Å². The quantitative estimate of drug-likeness (QED) is 0.300. The Bertz CT molecular complexity index is 826. The SMILES string of the molecule is CNC(=O)[C@H](CC(C)C)NC(=O)[C@H](Cc1ccccc1)NC(=O)C(S)CNC(=O)OC(C)(C)C. The molecule has 0 saturated heterocycles. The number of nitrogens with one attached hydrogen (secondary N) is 4. The van der Waals surface area contributed by atoms with Gasteiger partial charge in [0, 0.05) is 20.0 Å². The maximum atomic E-state index is 13.1. The number of benzene rings is 1. The van der Waals surface area contributed by atoms with Crippen molar-refractivity contribution >= 4 is 36.4 Å². The van der Waals surface area contributed by atoms with Gasteiger partial charge < -0.3 is 26.0 Å². The average Bonchev–Trinajstić information content (AvgIpc) is 2.75. The summed E-state index contributed by atoms with van der Waals surface area (Å²) in [6.07, 6.45) is 0.00694. The number of amides is 4. The van der Waals surface area contributed by atoms with Gasteiger partial charge in [-0.25, -0.2) is 4.79 Å². The lowest BCUT2D eigenvalue weighted by Gasteiger charge is -2.25. The van der Waals surface area contributed by atoms with Gasteiger partial charge in [0.2, 0.25) is 17.7 Å². The third kappa shape index (κ3) is 11.4. The number of likely N-dealkylation sites (N-methyl/N-ethyl adjacent to an activating group) is 1. The first-order valence-electron chi connectivity index (χ1n) is 11.3. The van der Waals surface area contributed by atoms with Crippen LogP contribution in [0, 0.1) is 5.92 Å². The Kier molecular flexibility index (Phi) is 11.9. The van der Waals surface area contributed by atoms with E-state index in [0.717, 1.165) is 5.56 Å². The van der Waals surface area contributed by atoms with Crippen molar-refractivity contribution in [1.82, 2.24) is 21.3 Å². The average molecular weight is 495 g/mol. The lowest BCUT2D eigenvalue weighted by Crippen LogP contribution is -2.55. The van der Waals surface area contributed by atoms with Crippen LogP contribution in [0.1, 0.15) is 46.6 Å². The molecule has 0 aliphatic rings. The van der Waals surface area contributed by atoms with Gasteiger partial charge in [-0.15, -0.1) is 0 Å². The molecule has 0 aliphatic carbocycles. The van der Waals surface area contributed by atoms with Gasteiger partial charge in [0.25, 0.3) is 0 Å². The van der Waals surface area contributed by atoms with E-state index in [0.29, 0.717) is 6.42 Å². The van der Waals surface area contributed by atoms with Crippen LogP contribution in [0.25, 0.3) is 0 Å². The molecule has 0 radical (unpaired) electrons. The minimum Gasteiger partial charge on any atom is -0.444 e. The maximum absolute atomic E-state index is 13.1. The van der Waals surface area contributed by atoms with Crippen molar-refractivity contribution in [3.05, 3.63) is 35.9 Å². The topological polar surface area (TPSA) is 126 Å². The minimum absolute atomic E-state index is 0.0856. The Morgan fingerprint density at radius 3 is 2.06 bits per heavy atom. The first-order chi connectivity index (χ1) is 15.8. The monoisotopic (exact) mass is 494 g/mol. The van der Waals surface area contributed by atoms with Gasteiger partial charge >= 0.3 is 6.09 Å². The van der Waals surface area contributed by atoms with Crippen molar-refractivity contribution in [2.45, 2.75) is 70.4 Å². The highest BCUT2D eigenvalue weighted by Crippen LogP contribution is 2.09. The zero-order chi connectivity index (χ0) is 25.9. The molecule has 9 nitrogen and oxygen atoms in total. The fourth-order valence-electron chi connectivity index (χ4n) is 3.06. The smallest absolute Gasteiger partial charge is 0.407 e. The van der Waals surface area contributed by atoms with E-state index in [4.69, 9.17) is 4.74 Å². The largest absolute Gasteiger partial charge is 0.444 e. The van der Waals surface area contributed by atoms with Crippen molar-refractivity contribution in [1.29, 1.82) is 0 Å². The Labute approximate surface area is 207 Å². The first-order valence-corrected chi connectivity index (χ1v) is 11.8. The summed E-state index contributed by atoms with van der Waals surface area (Å²) in [5.74, 6) is -1.14. The number of thiol groups is 1. The van der Waals surface area contributed by atoms with Crippen LogP contribution in [-0.2, 0) is 25.5 Å². The molecule has 10 heteroatoms. The molecule has 3 atom stereocenters. The molecule has 0 aromatic heterocycles. The molecule has 0 fully saturated rings. The fraction of sp³-hybridized carbons (Fsp3) is 0.583. The molecule has 0 saturated carbocycles. The van der Waals surface area contributed by atoms with Crippen LogP contribution in [0.2, 0.25) is 0 Å². The fourth-order valence-corrected chi connectivity index (χ4v) is 3.23. The van der Waals surface area contributed by atoms with E-state index >= 15 is 0 Å². The first kappa shape index (κ1) is 29.3. The molecule has 0 spiro atoms. The number of ether oxygens (including phenoxy) is 1. The summed E-state index contributed by atoms with van der Waals surface area (Å²) >= 11 is 4.27. The van der Waals surface area contributed by atoms with E-state index in [-0.39, 0.29) is 24.8 Å². The van der Waals surface area contributed by atoms with E-state index in [2.05, 4.69) is 33.9 Å². The molecule has 0 heterocycles. The second kappa shape index (κ2) is 13.8. The van der Waals surface area contributed by atoms with Crippen molar-refractivity contribution < 1.29 is 23.9 Å². The van der Waals surface area contributed by atoms with E-state index in [1.165, 1.54) is 7.05 Å². The van der Waals surface area contributed by atoms with Crippen molar-refractivity contribution in [3.63, 3.8) is 0 Å². The predicted octanol–water partition coefficient (Wildman–Crippen LogP) is 1.81. The minimum atomic E-state index is -0.939. The van der Waals surface area contributed by atoms with E-state index in [1.807, 2.05) is 44.2 Å².